The molecule has 1 aliphatic carbocycles. The molecule has 2 heterocycles. The van der Waals surface area contributed by atoms with E-state index in [0.717, 1.165) is 58.2 Å². The average Bonchev–Trinajstić information content (AvgIpc) is 3.40. The first-order valence-corrected chi connectivity index (χ1v) is 14.8. The maximum atomic E-state index is 13.6. The summed E-state index contributed by atoms with van der Waals surface area (Å²) in [5.41, 5.74) is 6.91. The molecule has 0 radical (unpaired) electrons. The molecule has 0 saturated carbocycles. The van der Waals surface area contributed by atoms with Crippen molar-refractivity contribution in [3.8, 4) is 5.69 Å². The molecule has 0 fully saturated rings. The highest BCUT2D eigenvalue weighted by Gasteiger charge is 2.33. The molecule has 202 valence electrons. The standard InChI is InChI=1S/C32H33Cl2N3OS/c1-19-15-21(20(2)37(19)24-12-14-26(33)27(34)17-24)18-35-31-29(30(38)36-23-9-7-6-8-10-23)25-13-11-22(32(3,4)5)16-28(25)39-31/h6-10,12,14-15,17-18,22H,11,13,16H2,1-5H3,(H,36,38)/t22-/m1/s1. The van der Waals surface area contributed by atoms with Crippen molar-refractivity contribution >= 4 is 57.3 Å². The molecule has 0 aliphatic heterocycles. The van der Waals surface area contributed by atoms with Crippen molar-refractivity contribution in [3.05, 3.63) is 97.6 Å². The Balaban J connectivity index is 1.52. The number of aromatic nitrogens is 1. The van der Waals surface area contributed by atoms with Crippen LogP contribution in [0.15, 0.2) is 59.6 Å². The zero-order valence-electron chi connectivity index (χ0n) is 22.9. The second-order valence-electron chi connectivity index (χ2n) is 11.3. The van der Waals surface area contributed by atoms with E-state index in [0.29, 0.717) is 21.5 Å². The number of rotatable bonds is 5. The number of hydrogen-bond acceptors (Lipinski definition) is 3. The van der Waals surface area contributed by atoms with E-state index in [4.69, 9.17) is 28.2 Å². The third kappa shape index (κ3) is 5.72. The van der Waals surface area contributed by atoms with Gasteiger partial charge >= 0.3 is 0 Å². The van der Waals surface area contributed by atoms with E-state index in [1.807, 2.05) is 54.7 Å². The number of hydrogen-bond donors (Lipinski definition) is 1. The molecule has 5 rings (SSSR count). The smallest absolute Gasteiger partial charge is 0.259 e. The first kappa shape index (κ1) is 27.7. The van der Waals surface area contributed by atoms with Crippen LogP contribution in [0.1, 0.15) is 64.9 Å². The normalized spacial score (nSPS) is 15.5. The third-order valence-electron chi connectivity index (χ3n) is 7.68. The lowest BCUT2D eigenvalue weighted by Gasteiger charge is -2.33. The third-order valence-corrected chi connectivity index (χ3v) is 9.58. The summed E-state index contributed by atoms with van der Waals surface area (Å²) in [6, 6.07) is 17.4. The van der Waals surface area contributed by atoms with Crippen LogP contribution >= 0.6 is 34.5 Å². The summed E-state index contributed by atoms with van der Waals surface area (Å²) < 4.78 is 2.14. The summed E-state index contributed by atoms with van der Waals surface area (Å²) in [5.74, 6) is 0.483. The molecule has 1 N–H and O–H groups in total. The highest BCUT2D eigenvalue weighted by Crippen LogP contribution is 2.45. The second-order valence-corrected chi connectivity index (χ2v) is 13.2. The Kier molecular flexibility index (Phi) is 7.78. The van der Waals surface area contributed by atoms with Gasteiger partial charge in [0.05, 0.1) is 15.6 Å². The van der Waals surface area contributed by atoms with E-state index in [9.17, 15) is 4.79 Å². The molecule has 0 unspecified atom stereocenters. The SMILES string of the molecule is Cc1cc(C=Nc2sc3c(c2C(=O)Nc2ccccc2)CC[C@@H](C(C)(C)C)C3)c(C)n1-c1ccc(Cl)c(Cl)c1. The molecule has 1 aliphatic rings. The van der Waals surface area contributed by atoms with Crippen LogP contribution < -0.4 is 5.32 Å². The number of carbonyl (C=O) groups is 1. The highest BCUT2D eigenvalue weighted by atomic mass is 35.5. The van der Waals surface area contributed by atoms with E-state index < -0.39 is 0 Å². The van der Waals surface area contributed by atoms with Gasteiger partial charge < -0.3 is 9.88 Å². The van der Waals surface area contributed by atoms with Gasteiger partial charge in [-0.15, -0.1) is 11.3 Å². The Labute approximate surface area is 244 Å². The number of halogens is 2. The van der Waals surface area contributed by atoms with Gasteiger partial charge in [-0.1, -0.05) is 62.2 Å². The monoisotopic (exact) mass is 577 g/mol. The lowest BCUT2D eigenvalue weighted by Crippen LogP contribution is -2.27. The van der Waals surface area contributed by atoms with E-state index in [-0.39, 0.29) is 11.3 Å². The largest absolute Gasteiger partial charge is 0.322 e. The molecular formula is C32H33Cl2N3OS. The predicted octanol–water partition coefficient (Wildman–Crippen LogP) is 9.62. The molecule has 0 saturated heterocycles. The summed E-state index contributed by atoms with van der Waals surface area (Å²) in [7, 11) is 0. The maximum absolute atomic E-state index is 13.6. The van der Waals surface area contributed by atoms with Gasteiger partial charge in [-0.2, -0.15) is 0 Å². The van der Waals surface area contributed by atoms with Crippen molar-refractivity contribution < 1.29 is 4.79 Å². The van der Waals surface area contributed by atoms with Gasteiger partial charge in [0.1, 0.15) is 5.00 Å². The molecular weight excluding hydrogens is 545 g/mol. The quantitative estimate of drug-likeness (QED) is 0.236. The van der Waals surface area contributed by atoms with E-state index >= 15 is 0 Å². The van der Waals surface area contributed by atoms with Gasteiger partial charge in [0, 0.05) is 39.4 Å². The molecule has 4 aromatic rings. The summed E-state index contributed by atoms with van der Waals surface area (Å²) >= 11 is 14.1. The van der Waals surface area contributed by atoms with Crippen LogP contribution in [0.25, 0.3) is 5.69 Å². The number of amides is 1. The van der Waals surface area contributed by atoms with Gasteiger partial charge in [-0.25, -0.2) is 4.99 Å². The summed E-state index contributed by atoms with van der Waals surface area (Å²) in [5, 5.41) is 4.91. The Bertz CT molecular complexity index is 1560. The molecule has 1 atom stereocenters. The Hall–Kier alpha value is -2.86. The van der Waals surface area contributed by atoms with Gasteiger partial charge in [-0.3, -0.25) is 4.79 Å². The van der Waals surface area contributed by atoms with Crippen LogP contribution in [0.5, 0.6) is 0 Å². The predicted molar refractivity (Wildman–Crippen MR) is 166 cm³/mol. The molecule has 7 heteroatoms. The van der Waals surface area contributed by atoms with Crippen molar-refractivity contribution in [2.24, 2.45) is 16.3 Å². The zero-order valence-corrected chi connectivity index (χ0v) is 25.3. The molecule has 4 nitrogen and oxygen atoms in total. The van der Waals surface area contributed by atoms with E-state index in [2.05, 4.69) is 50.6 Å². The Morgan fingerprint density at radius 3 is 2.51 bits per heavy atom. The van der Waals surface area contributed by atoms with Crippen molar-refractivity contribution in [2.75, 3.05) is 5.32 Å². The van der Waals surface area contributed by atoms with Gasteiger partial charge in [0.15, 0.2) is 0 Å². The topological polar surface area (TPSA) is 46.4 Å². The van der Waals surface area contributed by atoms with Crippen molar-refractivity contribution in [2.45, 2.75) is 53.9 Å². The molecule has 0 bridgehead atoms. The van der Waals surface area contributed by atoms with Crippen LogP contribution in [0.2, 0.25) is 10.0 Å². The van der Waals surface area contributed by atoms with Crippen molar-refractivity contribution in [3.63, 3.8) is 0 Å². The highest BCUT2D eigenvalue weighted by molar-refractivity contribution is 7.16. The second kappa shape index (κ2) is 11.0. The minimum Gasteiger partial charge on any atom is -0.322 e. The first-order chi connectivity index (χ1) is 18.5. The van der Waals surface area contributed by atoms with Gasteiger partial charge in [-0.05, 0) is 86.4 Å². The van der Waals surface area contributed by atoms with Crippen LogP contribution in [0.3, 0.4) is 0 Å². The number of thiophene rings is 1. The van der Waals surface area contributed by atoms with Crippen molar-refractivity contribution in [1.82, 2.24) is 4.57 Å². The minimum absolute atomic E-state index is 0.0960. The summed E-state index contributed by atoms with van der Waals surface area (Å²) in [4.78, 5) is 19.9. The molecule has 2 aromatic carbocycles. The van der Waals surface area contributed by atoms with Crippen LogP contribution in [0, 0.1) is 25.2 Å². The fourth-order valence-corrected chi connectivity index (χ4v) is 6.98. The number of anilines is 1. The Morgan fingerprint density at radius 1 is 1.08 bits per heavy atom. The molecule has 39 heavy (non-hydrogen) atoms. The van der Waals surface area contributed by atoms with E-state index in [1.165, 1.54) is 4.88 Å². The Morgan fingerprint density at radius 2 is 1.82 bits per heavy atom. The molecule has 0 spiro atoms. The summed E-state index contributed by atoms with van der Waals surface area (Å²) in [6.45, 7) is 11.0. The number of para-hydroxylation sites is 1. The number of nitrogens with one attached hydrogen (secondary N) is 1. The number of aliphatic imine (C=N–C) groups is 1. The number of carbonyl (C=O) groups excluding carboxylic acids is 1. The summed E-state index contributed by atoms with van der Waals surface area (Å²) in [6.07, 6.45) is 4.84. The average molecular weight is 579 g/mol. The van der Waals surface area contributed by atoms with Crippen LogP contribution in [-0.4, -0.2) is 16.7 Å². The fraction of sp³-hybridized carbons (Fsp3) is 0.312. The first-order valence-electron chi connectivity index (χ1n) is 13.2. The van der Waals surface area contributed by atoms with Gasteiger partial charge in [0.2, 0.25) is 0 Å². The maximum Gasteiger partial charge on any atom is 0.259 e. The molecule has 1 amide bonds. The van der Waals surface area contributed by atoms with Crippen molar-refractivity contribution in [1.29, 1.82) is 0 Å². The zero-order chi connectivity index (χ0) is 27.9. The van der Waals surface area contributed by atoms with Gasteiger partial charge in [0.25, 0.3) is 5.91 Å². The number of fused-ring (bicyclic) bond motifs is 1. The minimum atomic E-state index is -0.0960. The lowest BCUT2D eigenvalue weighted by molar-refractivity contribution is 0.102. The number of nitrogens with zero attached hydrogens (tertiary/aromatic N) is 2. The fourth-order valence-electron chi connectivity index (χ4n) is 5.42. The van der Waals surface area contributed by atoms with Crippen LogP contribution in [0.4, 0.5) is 10.7 Å². The number of aryl methyl sites for hydroxylation is 1. The van der Waals surface area contributed by atoms with E-state index in [1.54, 1.807) is 11.3 Å². The lowest BCUT2D eigenvalue weighted by atomic mass is 9.72. The number of benzene rings is 2. The van der Waals surface area contributed by atoms with Crippen LogP contribution in [-0.2, 0) is 12.8 Å². The molecule has 2 aromatic heterocycles.